The molecule has 1 amide bonds. The highest BCUT2D eigenvalue weighted by atomic mass is 16.1. The van der Waals surface area contributed by atoms with E-state index in [-0.39, 0.29) is 5.91 Å². The molecule has 0 fully saturated rings. The minimum atomic E-state index is -0.192. The molecule has 0 spiro atoms. The van der Waals surface area contributed by atoms with E-state index in [1.807, 2.05) is 44.2 Å². The van der Waals surface area contributed by atoms with Crippen molar-refractivity contribution in [1.82, 2.24) is 9.97 Å². The Bertz CT molecular complexity index is 813. The van der Waals surface area contributed by atoms with E-state index >= 15 is 0 Å². The van der Waals surface area contributed by atoms with Gasteiger partial charge in [-0.25, -0.2) is 4.98 Å². The van der Waals surface area contributed by atoms with Crippen molar-refractivity contribution in [3.63, 3.8) is 0 Å². The van der Waals surface area contributed by atoms with Crippen LogP contribution in [0.4, 0.5) is 5.82 Å². The fourth-order valence-electron chi connectivity index (χ4n) is 2.24. The smallest absolute Gasteiger partial charge is 0.258 e. The summed E-state index contributed by atoms with van der Waals surface area (Å²) in [6.45, 7) is 3.86. The van der Waals surface area contributed by atoms with E-state index in [0.717, 1.165) is 16.5 Å². The molecule has 4 nitrogen and oxygen atoms in total. The van der Waals surface area contributed by atoms with Crippen LogP contribution >= 0.6 is 0 Å². The van der Waals surface area contributed by atoms with Gasteiger partial charge in [-0.2, -0.15) is 0 Å². The van der Waals surface area contributed by atoms with Crippen LogP contribution in [0.15, 0.2) is 48.7 Å². The first-order chi connectivity index (χ1) is 10.1. The highest BCUT2D eigenvalue weighted by Gasteiger charge is 2.12. The third-order valence-electron chi connectivity index (χ3n) is 3.31. The van der Waals surface area contributed by atoms with Crippen LogP contribution in [0.3, 0.4) is 0 Å². The summed E-state index contributed by atoms with van der Waals surface area (Å²) in [5, 5.41) is 3.75. The van der Waals surface area contributed by atoms with Crippen molar-refractivity contribution >= 4 is 22.6 Å². The maximum Gasteiger partial charge on any atom is 0.258 e. The molecule has 3 aromatic rings. The molecule has 104 valence electrons. The zero-order valence-electron chi connectivity index (χ0n) is 11.9. The molecule has 0 bridgehead atoms. The first kappa shape index (κ1) is 13.2. The van der Waals surface area contributed by atoms with Gasteiger partial charge >= 0.3 is 0 Å². The van der Waals surface area contributed by atoms with Crippen molar-refractivity contribution in [2.45, 2.75) is 13.8 Å². The number of amides is 1. The second-order valence-electron chi connectivity index (χ2n) is 4.99. The van der Waals surface area contributed by atoms with Gasteiger partial charge in [0.2, 0.25) is 0 Å². The third kappa shape index (κ3) is 2.74. The van der Waals surface area contributed by atoms with Crippen LogP contribution in [0, 0.1) is 13.8 Å². The molecule has 0 radical (unpaired) electrons. The maximum atomic E-state index is 12.4. The van der Waals surface area contributed by atoms with Gasteiger partial charge in [0.15, 0.2) is 0 Å². The number of carbonyl (C=O) groups excluding carboxylic acids is 1. The van der Waals surface area contributed by atoms with E-state index in [9.17, 15) is 4.79 Å². The van der Waals surface area contributed by atoms with Crippen molar-refractivity contribution < 1.29 is 4.79 Å². The average Bonchev–Trinajstić information content (AvgIpc) is 2.48. The summed E-state index contributed by atoms with van der Waals surface area (Å²) in [4.78, 5) is 21.0. The molecule has 0 aliphatic heterocycles. The van der Waals surface area contributed by atoms with Crippen molar-refractivity contribution in [2.75, 3.05) is 5.32 Å². The van der Waals surface area contributed by atoms with E-state index in [2.05, 4.69) is 15.3 Å². The Labute approximate surface area is 122 Å². The van der Waals surface area contributed by atoms with Gasteiger partial charge in [-0.15, -0.1) is 0 Å². The molecule has 3 rings (SSSR count). The molecule has 0 atom stereocenters. The SMILES string of the molecule is Cc1ccc2nc(C)c(C(=O)Nc3ccccn3)cc2c1. The minimum absolute atomic E-state index is 0.192. The molecule has 21 heavy (non-hydrogen) atoms. The predicted molar refractivity (Wildman–Crippen MR) is 83.4 cm³/mol. The molecule has 0 saturated heterocycles. The largest absolute Gasteiger partial charge is 0.307 e. The molecular formula is C17H15N3O. The Hall–Kier alpha value is -2.75. The molecule has 0 saturated carbocycles. The number of hydrogen-bond donors (Lipinski definition) is 1. The summed E-state index contributed by atoms with van der Waals surface area (Å²) in [6.07, 6.45) is 1.64. The van der Waals surface area contributed by atoms with E-state index in [0.29, 0.717) is 17.1 Å². The number of nitrogens with zero attached hydrogens (tertiary/aromatic N) is 2. The first-order valence-corrected chi connectivity index (χ1v) is 6.74. The predicted octanol–water partition coefficient (Wildman–Crippen LogP) is 3.50. The monoisotopic (exact) mass is 277 g/mol. The van der Waals surface area contributed by atoms with Gasteiger partial charge in [-0.1, -0.05) is 17.7 Å². The van der Waals surface area contributed by atoms with Crippen molar-refractivity contribution in [2.24, 2.45) is 0 Å². The second-order valence-corrected chi connectivity index (χ2v) is 4.99. The zero-order valence-corrected chi connectivity index (χ0v) is 11.9. The second kappa shape index (κ2) is 5.32. The lowest BCUT2D eigenvalue weighted by molar-refractivity contribution is 0.102. The summed E-state index contributed by atoms with van der Waals surface area (Å²) >= 11 is 0. The number of hydrogen-bond acceptors (Lipinski definition) is 3. The number of pyridine rings is 2. The lowest BCUT2D eigenvalue weighted by Gasteiger charge is -2.08. The quantitative estimate of drug-likeness (QED) is 0.780. The van der Waals surface area contributed by atoms with E-state index in [1.54, 1.807) is 18.3 Å². The topological polar surface area (TPSA) is 54.9 Å². The van der Waals surface area contributed by atoms with Gasteiger partial charge in [-0.05, 0) is 44.2 Å². The van der Waals surface area contributed by atoms with Gasteiger partial charge in [0.05, 0.1) is 16.8 Å². The number of nitrogens with one attached hydrogen (secondary N) is 1. The molecular weight excluding hydrogens is 262 g/mol. The molecule has 1 N–H and O–H groups in total. The highest BCUT2D eigenvalue weighted by molar-refractivity contribution is 6.06. The first-order valence-electron chi connectivity index (χ1n) is 6.74. The summed E-state index contributed by atoms with van der Waals surface area (Å²) in [5.74, 6) is 0.341. The van der Waals surface area contributed by atoms with Gasteiger partial charge in [0.1, 0.15) is 5.82 Å². The van der Waals surface area contributed by atoms with E-state index in [1.165, 1.54) is 0 Å². The van der Waals surface area contributed by atoms with Crippen molar-refractivity contribution in [3.05, 3.63) is 65.5 Å². The highest BCUT2D eigenvalue weighted by Crippen LogP contribution is 2.19. The number of fused-ring (bicyclic) bond motifs is 1. The van der Waals surface area contributed by atoms with Crippen LogP contribution in [-0.2, 0) is 0 Å². The Kier molecular flexibility index (Phi) is 3.36. The Morgan fingerprint density at radius 3 is 2.71 bits per heavy atom. The van der Waals surface area contributed by atoms with Gasteiger partial charge in [-0.3, -0.25) is 9.78 Å². The Morgan fingerprint density at radius 1 is 1.10 bits per heavy atom. The molecule has 4 heteroatoms. The maximum absolute atomic E-state index is 12.4. The van der Waals surface area contributed by atoms with Gasteiger partial charge in [0, 0.05) is 11.6 Å². The lowest BCUT2D eigenvalue weighted by atomic mass is 10.1. The molecule has 2 aromatic heterocycles. The van der Waals surface area contributed by atoms with Crippen LogP contribution in [0.2, 0.25) is 0 Å². The Morgan fingerprint density at radius 2 is 1.95 bits per heavy atom. The number of aromatic nitrogens is 2. The number of benzene rings is 1. The number of carbonyl (C=O) groups is 1. The lowest BCUT2D eigenvalue weighted by Crippen LogP contribution is -2.15. The Balaban J connectivity index is 1.99. The summed E-state index contributed by atoms with van der Waals surface area (Å²) < 4.78 is 0. The number of rotatable bonds is 2. The van der Waals surface area contributed by atoms with Crippen LogP contribution < -0.4 is 5.32 Å². The van der Waals surface area contributed by atoms with Gasteiger partial charge in [0.25, 0.3) is 5.91 Å². The van der Waals surface area contributed by atoms with E-state index in [4.69, 9.17) is 0 Å². The molecule has 0 unspecified atom stereocenters. The number of anilines is 1. The molecule has 0 aliphatic carbocycles. The zero-order chi connectivity index (χ0) is 14.8. The van der Waals surface area contributed by atoms with Crippen LogP contribution in [0.25, 0.3) is 10.9 Å². The fraction of sp³-hybridized carbons (Fsp3) is 0.118. The average molecular weight is 277 g/mol. The molecule has 1 aromatic carbocycles. The van der Waals surface area contributed by atoms with E-state index < -0.39 is 0 Å². The van der Waals surface area contributed by atoms with Crippen LogP contribution in [-0.4, -0.2) is 15.9 Å². The summed E-state index contributed by atoms with van der Waals surface area (Å²) in [5.41, 5.74) is 3.32. The van der Waals surface area contributed by atoms with Crippen LogP contribution in [0.5, 0.6) is 0 Å². The van der Waals surface area contributed by atoms with Crippen molar-refractivity contribution in [3.8, 4) is 0 Å². The third-order valence-corrected chi connectivity index (χ3v) is 3.31. The standard InChI is InChI=1S/C17H15N3O/c1-11-6-7-15-13(9-11)10-14(12(2)19-15)17(21)20-16-5-3-4-8-18-16/h3-10H,1-2H3,(H,18,20,21). The summed E-state index contributed by atoms with van der Waals surface area (Å²) in [6, 6.07) is 13.3. The van der Waals surface area contributed by atoms with Crippen LogP contribution in [0.1, 0.15) is 21.6 Å². The summed E-state index contributed by atoms with van der Waals surface area (Å²) in [7, 11) is 0. The van der Waals surface area contributed by atoms with Gasteiger partial charge < -0.3 is 5.32 Å². The molecule has 2 heterocycles. The molecule has 0 aliphatic rings. The fourth-order valence-corrected chi connectivity index (χ4v) is 2.24. The minimum Gasteiger partial charge on any atom is -0.307 e. The normalized spacial score (nSPS) is 10.6. The van der Waals surface area contributed by atoms with Crippen molar-refractivity contribution in [1.29, 1.82) is 0 Å². The number of aryl methyl sites for hydroxylation is 2.